The Labute approximate surface area is 184 Å². The molecule has 0 saturated carbocycles. The van der Waals surface area contributed by atoms with Crippen LogP contribution < -0.4 is 15.5 Å². The van der Waals surface area contributed by atoms with Gasteiger partial charge in [0.2, 0.25) is 5.43 Å². The fraction of sp³-hybridized carbons (Fsp3) is 0.120. The number of nitrogens with one attached hydrogen (secondary N) is 1. The predicted octanol–water partition coefficient (Wildman–Crippen LogP) is 5.34. The molecule has 5 nitrogen and oxygen atoms in total. The van der Waals surface area contributed by atoms with Crippen molar-refractivity contribution in [3.8, 4) is 5.75 Å². The van der Waals surface area contributed by atoms with Crippen molar-refractivity contribution in [3.63, 3.8) is 0 Å². The van der Waals surface area contributed by atoms with Crippen molar-refractivity contribution in [3.05, 3.63) is 94.8 Å². The zero-order valence-electron chi connectivity index (χ0n) is 17.3. The lowest BCUT2D eigenvalue weighted by atomic mass is 10.1. The Morgan fingerprint density at radius 3 is 2.55 bits per heavy atom. The molecule has 1 N–H and O–H groups in total. The Morgan fingerprint density at radius 2 is 1.77 bits per heavy atom. The maximum Gasteiger partial charge on any atom is 0.261 e. The van der Waals surface area contributed by atoms with E-state index in [4.69, 9.17) is 4.74 Å². The number of amides is 1. The van der Waals surface area contributed by atoms with Gasteiger partial charge in [-0.15, -0.1) is 0 Å². The molecule has 1 aromatic heterocycles. The highest BCUT2D eigenvalue weighted by atomic mass is 32.2. The van der Waals surface area contributed by atoms with Crippen molar-refractivity contribution in [2.75, 3.05) is 11.9 Å². The molecule has 6 heteroatoms. The first-order chi connectivity index (χ1) is 15.1. The number of hydrogen-bond acceptors (Lipinski definition) is 4. The molecule has 0 aliphatic carbocycles. The van der Waals surface area contributed by atoms with Crippen LogP contribution in [0.15, 0.2) is 93.6 Å². The second-order valence-corrected chi connectivity index (χ2v) is 8.08. The highest BCUT2D eigenvalue weighted by Gasteiger charge is 2.17. The molecule has 0 atom stereocenters. The number of aromatic nitrogens is 1. The molecular formula is C25H22N2O3S. The summed E-state index contributed by atoms with van der Waals surface area (Å²) in [6.45, 7) is 2.39. The number of hydrogen-bond donors (Lipinski definition) is 1. The van der Waals surface area contributed by atoms with Crippen LogP contribution in [0.3, 0.4) is 0 Å². The smallest absolute Gasteiger partial charge is 0.261 e. The Bertz CT molecular complexity index is 1300. The van der Waals surface area contributed by atoms with Gasteiger partial charge in [-0.25, -0.2) is 0 Å². The maximum absolute atomic E-state index is 13.1. The van der Waals surface area contributed by atoms with E-state index in [2.05, 4.69) is 5.32 Å². The van der Waals surface area contributed by atoms with Gasteiger partial charge in [0.25, 0.3) is 5.91 Å². The molecule has 4 aromatic rings. The first-order valence-corrected chi connectivity index (χ1v) is 10.8. The number of para-hydroxylation sites is 1. The second-order valence-electron chi connectivity index (χ2n) is 6.96. The fourth-order valence-corrected chi connectivity index (χ4v) is 4.28. The minimum atomic E-state index is -0.439. The summed E-state index contributed by atoms with van der Waals surface area (Å²) in [6, 6.07) is 22.8. The molecule has 0 aliphatic rings. The van der Waals surface area contributed by atoms with Crippen molar-refractivity contribution in [2.24, 2.45) is 7.05 Å². The highest BCUT2D eigenvalue weighted by molar-refractivity contribution is 7.99. The third kappa shape index (κ3) is 4.49. The van der Waals surface area contributed by atoms with Gasteiger partial charge in [0.05, 0.1) is 23.2 Å². The van der Waals surface area contributed by atoms with Gasteiger partial charge in [-0.2, -0.15) is 0 Å². The summed E-state index contributed by atoms with van der Waals surface area (Å²) in [5.74, 6) is 0.166. The van der Waals surface area contributed by atoms with Crippen molar-refractivity contribution in [1.29, 1.82) is 0 Å². The number of rotatable bonds is 6. The molecule has 4 rings (SSSR count). The molecule has 0 saturated heterocycles. The van der Waals surface area contributed by atoms with E-state index in [0.29, 0.717) is 23.4 Å². The maximum atomic E-state index is 13.1. The number of carbonyl (C=O) groups is 1. The highest BCUT2D eigenvalue weighted by Crippen LogP contribution is 2.33. The fourth-order valence-electron chi connectivity index (χ4n) is 3.35. The van der Waals surface area contributed by atoms with E-state index in [1.807, 2.05) is 80.7 Å². The first kappa shape index (κ1) is 20.8. The van der Waals surface area contributed by atoms with Crippen LogP contribution in [0, 0.1) is 0 Å². The minimum absolute atomic E-state index is 0.0863. The van der Waals surface area contributed by atoms with Gasteiger partial charge in [-0.1, -0.05) is 42.1 Å². The van der Waals surface area contributed by atoms with Crippen LogP contribution >= 0.6 is 11.8 Å². The lowest BCUT2D eigenvalue weighted by Gasteiger charge is -2.13. The Morgan fingerprint density at radius 1 is 1.03 bits per heavy atom. The number of aryl methyl sites for hydroxylation is 1. The lowest BCUT2D eigenvalue weighted by Crippen LogP contribution is -2.23. The lowest BCUT2D eigenvalue weighted by molar-refractivity contribution is 0.102. The molecule has 3 aromatic carbocycles. The molecule has 156 valence electrons. The number of anilines is 1. The quantitative estimate of drug-likeness (QED) is 0.449. The van der Waals surface area contributed by atoms with Crippen LogP contribution in [0.4, 0.5) is 5.69 Å². The molecule has 0 aliphatic heterocycles. The molecule has 1 amide bonds. The van der Waals surface area contributed by atoms with E-state index < -0.39 is 5.91 Å². The number of ether oxygens (including phenoxy) is 1. The molecule has 1 heterocycles. The third-order valence-corrected chi connectivity index (χ3v) is 5.91. The average molecular weight is 431 g/mol. The minimum Gasteiger partial charge on any atom is -0.494 e. The average Bonchev–Trinajstić information content (AvgIpc) is 2.78. The largest absolute Gasteiger partial charge is 0.494 e. The molecule has 0 bridgehead atoms. The van der Waals surface area contributed by atoms with E-state index in [-0.39, 0.29) is 11.0 Å². The molecule has 0 spiro atoms. The summed E-state index contributed by atoms with van der Waals surface area (Å²) in [5, 5.41) is 3.37. The molecule has 0 radical (unpaired) electrons. The van der Waals surface area contributed by atoms with Gasteiger partial charge in [-0.3, -0.25) is 9.59 Å². The van der Waals surface area contributed by atoms with Gasteiger partial charge < -0.3 is 14.6 Å². The SMILES string of the molecule is CCOc1ccc2c(c1)c(=O)c(C(=O)Nc1ccccc1Sc1ccccc1)cn2C. The van der Waals surface area contributed by atoms with E-state index in [0.717, 1.165) is 15.3 Å². The van der Waals surface area contributed by atoms with Crippen LogP contribution in [-0.4, -0.2) is 17.1 Å². The number of nitrogens with zero attached hydrogens (tertiary/aromatic N) is 1. The summed E-state index contributed by atoms with van der Waals surface area (Å²) in [5.41, 5.74) is 1.17. The van der Waals surface area contributed by atoms with Gasteiger partial charge in [0.1, 0.15) is 11.3 Å². The first-order valence-electron chi connectivity index (χ1n) is 9.96. The van der Waals surface area contributed by atoms with Gasteiger partial charge in [0.15, 0.2) is 0 Å². The van der Waals surface area contributed by atoms with Crippen LogP contribution in [0.2, 0.25) is 0 Å². The van der Waals surface area contributed by atoms with E-state index >= 15 is 0 Å². The molecule has 0 fully saturated rings. The Hall–Kier alpha value is -3.51. The molecular weight excluding hydrogens is 408 g/mol. The number of pyridine rings is 1. The third-order valence-electron chi connectivity index (χ3n) is 4.82. The zero-order chi connectivity index (χ0) is 21.8. The van der Waals surface area contributed by atoms with Crippen LogP contribution in [0.25, 0.3) is 10.9 Å². The topological polar surface area (TPSA) is 60.3 Å². The zero-order valence-corrected chi connectivity index (χ0v) is 18.1. The summed E-state index contributed by atoms with van der Waals surface area (Å²) < 4.78 is 7.31. The van der Waals surface area contributed by atoms with Crippen molar-refractivity contribution in [2.45, 2.75) is 16.7 Å². The number of carbonyl (C=O) groups excluding carboxylic acids is 1. The van der Waals surface area contributed by atoms with Crippen molar-refractivity contribution < 1.29 is 9.53 Å². The number of fused-ring (bicyclic) bond motifs is 1. The van der Waals surface area contributed by atoms with Gasteiger partial charge in [0, 0.05) is 23.0 Å². The summed E-state index contributed by atoms with van der Waals surface area (Å²) in [4.78, 5) is 28.2. The predicted molar refractivity (Wildman–Crippen MR) is 125 cm³/mol. The summed E-state index contributed by atoms with van der Waals surface area (Å²) >= 11 is 1.55. The van der Waals surface area contributed by atoms with E-state index in [1.165, 1.54) is 0 Å². The summed E-state index contributed by atoms with van der Waals surface area (Å²) in [7, 11) is 1.82. The molecule has 0 unspecified atom stereocenters. The van der Waals surface area contributed by atoms with Gasteiger partial charge >= 0.3 is 0 Å². The Kier molecular flexibility index (Phi) is 6.09. The monoisotopic (exact) mass is 430 g/mol. The normalized spacial score (nSPS) is 10.8. The molecule has 31 heavy (non-hydrogen) atoms. The van der Waals surface area contributed by atoms with Crippen LogP contribution in [0.5, 0.6) is 5.75 Å². The van der Waals surface area contributed by atoms with Crippen molar-refractivity contribution >= 4 is 34.3 Å². The number of benzene rings is 3. The summed E-state index contributed by atoms with van der Waals surface area (Å²) in [6.07, 6.45) is 1.58. The van der Waals surface area contributed by atoms with Gasteiger partial charge in [-0.05, 0) is 49.4 Å². The van der Waals surface area contributed by atoms with E-state index in [9.17, 15) is 9.59 Å². The second kappa shape index (κ2) is 9.10. The standard InChI is InChI=1S/C25H22N2O3S/c1-3-30-17-13-14-22-19(15-17)24(28)20(16-27(22)2)25(29)26-21-11-7-8-12-23(21)31-18-9-5-4-6-10-18/h4-16H,3H2,1-2H3,(H,26,29). The van der Waals surface area contributed by atoms with Crippen LogP contribution in [-0.2, 0) is 7.05 Å². The van der Waals surface area contributed by atoms with Crippen molar-refractivity contribution in [1.82, 2.24) is 4.57 Å². The van der Waals surface area contributed by atoms with E-state index in [1.54, 1.807) is 28.6 Å². The van der Waals surface area contributed by atoms with Crippen LogP contribution in [0.1, 0.15) is 17.3 Å². The Balaban J connectivity index is 1.68.